The van der Waals surface area contributed by atoms with Crippen molar-refractivity contribution in [2.24, 2.45) is 5.10 Å². The summed E-state index contributed by atoms with van der Waals surface area (Å²) in [6.07, 6.45) is 0.278. The van der Waals surface area contributed by atoms with Crippen molar-refractivity contribution in [1.82, 2.24) is 5.01 Å². The predicted molar refractivity (Wildman–Crippen MR) is 83.6 cm³/mol. The number of carboxylic acid groups (broad SMARTS) is 1. The van der Waals surface area contributed by atoms with Crippen molar-refractivity contribution < 1.29 is 14.7 Å². The number of carbonyl (C=O) groups is 2. The fourth-order valence-corrected chi connectivity index (χ4v) is 3.89. The highest BCUT2D eigenvalue weighted by molar-refractivity contribution is 7.12. The Morgan fingerprint density at radius 2 is 2.00 bits per heavy atom. The van der Waals surface area contributed by atoms with E-state index in [1.807, 2.05) is 35.0 Å². The molecule has 7 heteroatoms. The SMILES string of the molecule is O=C([O-])CCC(=O)N1N=C(c2cccs2)C[C@@H]1c1cccs1. The Hall–Kier alpha value is -1.99. The van der Waals surface area contributed by atoms with Crippen molar-refractivity contribution >= 4 is 40.3 Å². The number of hydrazone groups is 1. The number of carbonyl (C=O) groups excluding carboxylic acids is 2. The Morgan fingerprint density at radius 1 is 1.23 bits per heavy atom. The van der Waals surface area contributed by atoms with Gasteiger partial charge in [-0.1, -0.05) is 12.1 Å². The predicted octanol–water partition coefficient (Wildman–Crippen LogP) is 2.02. The van der Waals surface area contributed by atoms with E-state index in [9.17, 15) is 14.7 Å². The van der Waals surface area contributed by atoms with Gasteiger partial charge in [-0.05, 0) is 29.3 Å². The van der Waals surface area contributed by atoms with E-state index >= 15 is 0 Å². The number of rotatable bonds is 5. The summed E-state index contributed by atoms with van der Waals surface area (Å²) in [5.41, 5.74) is 0.871. The van der Waals surface area contributed by atoms with Crippen molar-refractivity contribution in [2.75, 3.05) is 0 Å². The molecule has 0 radical (unpaired) electrons. The molecule has 1 aliphatic heterocycles. The Labute approximate surface area is 135 Å². The van der Waals surface area contributed by atoms with Crippen LogP contribution in [0, 0.1) is 0 Å². The molecule has 0 saturated heterocycles. The highest BCUT2D eigenvalue weighted by Gasteiger charge is 2.33. The van der Waals surface area contributed by atoms with Crippen molar-refractivity contribution in [1.29, 1.82) is 0 Å². The molecule has 0 N–H and O–H groups in total. The summed E-state index contributed by atoms with van der Waals surface area (Å²) in [7, 11) is 0. The smallest absolute Gasteiger partial charge is 0.243 e. The molecule has 2 aromatic heterocycles. The summed E-state index contributed by atoms with van der Waals surface area (Å²) in [5.74, 6) is -1.50. The summed E-state index contributed by atoms with van der Waals surface area (Å²) < 4.78 is 0. The first-order valence-corrected chi connectivity index (χ1v) is 8.58. The second-order valence-corrected chi connectivity index (χ2v) is 6.80. The summed E-state index contributed by atoms with van der Waals surface area (Å²) in [5, 5.41) is 20.4. The highest BCUT2D eigenvalue weighted by atomic mass is 32.1. The zero-order valence-electron chi connectivity index (χ0n) is 11.6. The number of hydrogen-bond acceptors (Lipinski definition) is 6. The quantitative estimate of drug-likeness (QED) is 0.840. The molecule has 0 fully saturated rings. The Kier molecular flexibility index (Phi) is 4.35. The summed E-state index contributed by atoms with van der Waals surface area (Å²) in [6.45, 7) is 0. The summed E-state index contributed by atoms with van der Waals surface area (Å²) in [6, 6.07) is 7.69. The van der Waals surface area contributed by atoms with Gasteiger partial charge in [0.05, 0.1) is 16.6 Å². The maximum Gasteiger partial charge on any atom is 0.243 e. The van der Waals surface area contributed by atoms with Gasteiger partial charge in [0.1, 0.15) is 0 Å². The van der Waals surface area contributed by atoms with Gasteiger partial charge < -0.3 is 9.90 Å². The van der Waals surface area contributed by atoms with Crippen molar-refractivity contribution in [2.45, 2.75) is 25.3 Å². The van der Waals surface area contributed by atoms with Crippen LogP contribution in [0.25, 0.3) is 0 Å². The molecule has 5 nitrogen and oxygen atoms in total. The molecule has 114 valence electrons. The number of hydrogen-bond donors (Lipinski definition) is 0. The molecule has 0 saturated carbocycles. The maximum absolute atomic E-state index is 12.3. The Bertz CT molecular complexity index is 692. The van der Waals surface area contributed by atoms with Gasteiger partial charge in [-0.2, -0.15) is 5.10 Å². The van der Waals surface area contributed by atoms with Crippen LogP contribution in [0.5, 0.6) is 0 Å². The fraction of sp³-hybridized carbons (Fsp3) is 0.267. The topological polar surface area (TPSA) is 72.8 Å². The second kappa shape index (κ2) is 6.41. The number of carboxylic acids is 1. The van der Waals surface area contributed by atoms with Gasteiger partial charge >= 0.3 is 0 Å². The lowest BCUT2D eigenvalue weighted by Gasteiger charge is -2.20. The third-order valence-electron chi connectivity index (χ3n) is 3.39. The van der Waals surface area contributed by atoms with E-state index in [2.05, 4.69) is 5.10 Å². The minimum absolute atomic E-state index is 0.0918. The molecule has 22 heavy (non-hydrogen) atoms. The number of nitrogens with zero attached hydrogens (tertiary/aromatic N) is 2. The number of amides is 1. The Morgan fingerprint density at radius 3 is 2.64 bits per heavy atom. The molecule has 1 amide bonds. The van der Waals surface area contributed by atoms with Crippen LogP contribution >= 0.6 is 22.7 Å². The minimum Gasteiger partial charge on any atom is -0.550 e. The molecule has 0 bridgehead atoms. The van der Waals surface area contributed by atoms with Crippen LogP contribution in [0.3, 0.4) is 0 Å². The molecule has 1 atom stereocenters. The second-order valence-electron chi connectivity index (χ2n) is 4.87. The number of aliphatic carboxylic acids is 1. The first-order chi connectivity index (χ1) is 10.6. The molecule has 1 aliphatic rings. The van der Waals surface area contributed by atoms with E-state index in [-0.39, 0.29) is 24.8 Å². The largest absolute Gasteiger partial charge is 0.550 e. The van der Waals surface area contributed by atoms with E-state index in [1.165, 1.54) is 5.01 Å². The highest BCUT2D eigenvalue weighted by Crippen LogP contribution is 2.36. The normalized spacial score (nSPS) is 17.5. The van der Waals surface area contributed by atoms with Gasteiger partial charge in [-0.3, -0.25) is 4.79 Å². The van der Waals surface area contributed by atoms with E-state index in [0.717, 1.165) is 15.5 Å². The fourth-order valence-electron chi connectivity index (χ4n) is 2.36. The monoisotopic (exact) mass is 333 g/mol. The van der Waals surface area contributed by atoms with Crippen LogP contribution in [0.1, 0.15) is 35.1 Å². The standard InChI is InChI=1S/C15H14N2O3S2/c18-14(5-6-15(19)20)17-11(13-4-2-8-22-13)9-10(16-17)12-3-1-7-21-12/h1-4,7-8,11H,5-6,9H2,(H,19,20)/p-1/t11-/m1/s1. The number of thiophene rings is 2. The Balaban J connectivity index is 1.84. The molecular weight excluding hydrogens is 320 g/mol. The van der Waals surface area contributed by atoms with Crippen LogP contribution in [-0.4, -0.2) is 22.6 Å². The molecule has 0 unspecified atom stereocenters. The van der Waals surface area contributed by atoms with Crippen LogP contribution in [0.4, 0.5) is 0 Å². The van der Waals surface area contributed by atoms with Crippen LogP contribution in [0.2, 0.25) is 0 Å². The lowest BCUT2D eigenvalue weighted by atomic mass is 10.1. The van der Waals surface area contributed by atoms with Crippen LogP contribution in [-0.2, 0) is 9.59 Å². The van der Waals surface area contributed by atoms with Gasteiger partial charge in [0.25, 0.3) is 0 Å². The van der Waals surface area contributed by atoms with E-state index < -0.39 is 5.97 Å². The van der Waals surface area contributed by atoms with Crippen molar-refractivity contribution in [3.05, 3.63) is 44.8 Å². The van der Waals surface area contributed by atoms with Crippen LogP contribution in [0.15, 0.2) is 40.1 Å². The van der Waals surface area contributed by atoms with E-state index in [1.54, 1.807) is 22.7 Å². The van der Waals surface area contributed by atoms with Crippen molar-refractivity contribution in [3.63, 3.8) is 0 Å². The third-order valence-corrected chi connectivity index (χ3v) is 5.28. The van der Waals surface area contributed by atoms with Gasteiger partial charge in [0, 0.05) is 23.7 Å². The average molecular weight is 333 g/mol. The van der Waals surface area contributed by atoms with E-state index in [4.69, 9.17) is 0 Å². The summed E-state index contributed by atoms with van der Waals surface area (Å²) >= 11 is 3.15. The first-order valence-electron chi connectivity index (χ1n) is 6.82. The van der Waals surface area contributed by atoms with Gasteiger partial charge in [0.15, 0.2) is 0 Å². The minimum atomic E-state index is -1.22. The molecular formula is C15H13N2O3S2-. The van der Waals surface area contributed by atoms with E-state index in [0.29, 0.717) is 6.42 Å². The first kappa shape index (κ1) is 14.9. The van der Waals surface area contributed by atoms with Gasteiger partial charge in [-0.25, -0.2) is 5.01 Å². The maximum atomic E-state index is 12.3. The average Bonchev–Trinajstić information content (AvgIpc) is 3.23. The zero-order chi connectivity index (χ0) is 15.5. The van der Waals surface area contributed by atoms with Crippen LogP contribution < -0.4 is 5.11 Å². The molecule has 0 aliphatic carbocycles. The van der Waals surface area contributed by atoms with Gasteiger partial charge in [0.2, 0.25) is 5.91 Å². The lowest BCUT2D eigenvalue weighted by molar-refractivity contribution is -0.305. The van der Waals surface area contributed by atoms with Crippen molar-refractivity contribution in [3.8, 4) is 0 Å². The summed E-state index contributed by atoms with van der Waals surface area (Å²) in [4.78, 5) is 25.0. The zero-order valence-corrected chi connectivity index (χ0v) is 13.2. The molecule has 0 spiro atoms. The molecule has 3 rings (SSSR count). The molecule has 3 heterocycles. The third kappa shape index (κ3) is 3.10. The molecule has 2 aromatic rings. The molecule has 0 aromatic carbocycles. The lowest BCUT2D eigenvalue weighted by Crippen LogP contribution is -2.29. The van der Waals surface area contributed by atoms with Gasteiger partial charge in [-0.15, -0.1) is 22.7 Å².